The maximum Gasteiger partial charge on any atom is 0.279 e. The second-order valence-corrected chi connectivity index (χ2v) is 6.65. The molecule has 3 aromatic rings. The van der Waals surface area contributed by atoms with E-state index >= 15 is 0 Å². The largest absolute Gasteiger partial charge is 0.497 e. The predicted octanol–water partition coefficient (Wildman–Crippen LogP) is 2.30. The first kappa shape index (κ1) is 18.2. The van der Waals surface area contributed by atoms with Gasteiger partial charge >= 0.3 is 0 Å². The molecule has 0 bridgehead atoms. The minimum Gasteiger partial charge on any atom is -0.497 e. The lowest BCUT2D eigenvalue weighted by Crippen LogP contribution is -2.34. The molecule has 4 rings (SSSR count). The Balaban J connectivity index is 1.75. The molecule has 7 nitrogen and oxygen atoms in total. The van der Waals surface area contributed by atoms with Crippen LogP contribution in [0.4, 0.5) is 0 Å². The molecule has 0 radical (unpaired) electrons. The van der Waals surface area contributed by atoms with Gasteiger partial charge in [-0.1, -0.05) is 18.2 Å². The average Bonchev–Trinajstić information content (AvgIpc) is 3.26. The van der Waals surface area contributed by atoms with Gasteiger partial charge in [0.05, 0.1) is 24.3 Å². The molecule has 144 valence electrons. The summed E-state index contributed by atoms with van der Waals surface area (Å²) in [5, 5.41) is 8.24. The van der Waals surface area contributed by atoms with Gasteiger partial charge in [0.25, 0.3) is 11.5 Å². The highest BCUT2D eigenvalue weighted by Gasteiger charge is 2.20. The molecule has 1 N–H and O–H groups in total. The molecule has 1 atom stereocenters. The number of amides is 1. The van der Waals surface area contributed by atoms with Gasteiger partial charge < -0.3 is 14.8 Å². The molecular weight excluding hydrogens is 358 g/mol. The number of aromatic nitrogens is 2. The van der Waals surface area contributed by atoms with Crippen LogP contribution in [0.2, 0.25) is 0 Å². The van der Waals surface area contributed by atoms with Crippen LogP contribution in [0.25, 0.3) is 16.5 Å². The molecule has 1 aliphatic rings. The standard InChI is InChI=1S/C21H21N3O4/c1-27-15-10-8-14(9-11-15)24-21(26)18-7-3-2-6-17(18)19(23-24)20(25)22-13-16-5-4-12-28-16/h2-3,6-11,16H,4-5,12-13H2,1H3,(H,22,25). The van der Waals surface area contributed by atoms with Crippen molar-refractivity contribution in [1.29, 1.82) is 0 Å². The second-order valence-electron chi connectivity index (χ2n) is 6.65. The summed E-state index contributed by atoms with van der Waals surface area (Å²) >= 11 is 0. The molecule has 1 amide bonds. The zero-order valence-electron chi connectivity index (χ0n) is 15.6. The van der Waals surface area contributed by atoms with Crippen LogP contribution in [0.5, 0.6) is 5.75 Å². The molecule has 0 spiro atoms. The fourth-order valence-electron chi connectivity index (χ4n) is 3.35. The number of hydrogen-bond donors (Lipinski definition) is 1. The van der Waals surface area contributed by atoms with Crippen molar-refractivity contribution >= 4 is 16.7 Å². The number of nitrogens with zero attached hydrogens (tertiary/aromatic N) is 2. The molecule has 1 fully saturated rings. The number of ether oxygens (including phenoxy) is 2. The third-order valence-corrected chi connectivity index (χ3v) is 4.85. The molecule has 28 heavy (non-hydrogen) atoms. The Morgan fingerprint density at radius 3 is 2.64 bits per heavy atom. The van der Waals surface area contributed by atoms with Crippen molar-refractivity contribution in [2.75, 3.05) is 20.3 Å². The smallest absolute Gasteiger partial charge is 0.279 e. The number of methoxy groups -OCH3 is 1. The van der Waals surface area contributed by atoms with Gasteiger partial charge in [0.2, 0.25) is 0 Å². The Morgan fingerprint density at radius 2 is 1.96 bits per heavy atom. The molecule has 2 aromatic carbocycles. The van der Waals surface area contributed by atoms with Crippen LogP contribution in [0.1, 0.15) is 23.3 Å². The molecule has 0 saturated carbocycles. The van der Waals surface area contributed by atoms with Crippen LogP contribution in [-0.2, 0) is 4.74 Å². The molecule has 1 aromatic heterocycles. The summed E-state index contributed by atoms with van der Waals surface area (Å²) in [4.78, 5) is 25.8. The summed E-state index contributed by atoms with van der Waals surface area (Å²) in [6.45, 7) is 1.15. The number of hydrogen-bond acceptors (Lipinski definition) is 5. The Labute approximate surface area is 161 Å². The quantitative estimate of drug-likeness (QED) is 0.736. The predicted molar refractivity (Wildman–Crippen MR) is 105 cm³/mol. The van der Waals surface area contributed by atoms with E-state index in [4.69, 9.17) is 9.47 Å². The number of nitrogens with one attached hydrogen (secondary N) is 1. The van der Waals surface area contributed by atoms with Crippen LogP contribution in [-0.4, -0.2) is 42.1 Å². The number of rotatable bonds is 5. The molecule has 7 heteroatoms. The third kappa shape index (κ3) is 3.48. The van der Waals surface area contributed by atoms with E-state index in [0.717, 1.165) is 19.4 Å². The van der Waals surface area contributed by atoms with Crippen molar-refractivity contribution in [2.45, 2.75) is 18.9 Å². The van der Waals surface area contributed by atoms with Gasteiger partial charge in [0.15, 0.2) is 5.69 Å². The molecule has 1 unspecified atom stereocenters. The van der Waals surface area contributed by atoms with Crippen LogP contribution in [0, 0.1) is 0 Å². The number of fused-ring (bicyclic) bond motifs is 1. The van der Waals surface area contributed by atoms with Crippen molar-refractivity contribution in [3.8, 4) is 11.4 Å². The maximum atomic E-state index is 12.9. The monoisotopic (exact) mass is 379 g/mol. The summed E-state index contributed by atoms with van der Waals surface area (Å²) < 4.78 is 12.0. The van der Waals surface area contributed by atoms with E-state index in [-0.39, 0.29) is 23.3 Å². The Bertz CT molecular complexity index is 1050. The average molecular weight is 379 g/mol. The summed E-state index contributed by atoms with van der Waals surface area (Å²) in [7, 11) is 1.58. The minimum atomic E-state index is -0.325. The highest BCUT2D eigenvalue weighted by molar-refractivity contribution is 6.04. The first-order chi connectivity index (χ1) is 13.7. The fraction of sp³-hybridized carbons (Fsp3) is 0.286. The van der Waals surface area contributed by atoms with E-state index in [2.05, 4.69) is 10.4 Å². The van der Waals surface area contributed by atoms with Gasteiger partial charge in [0.1, 0.15) is 5.75 Å². The summed E-state index contributed by atoms with van der Waals surface area (Å²) in [6.07, 6.45) is 1.96. The van der Waals surface area contributed by atoms with Gasteiger partial charge in [-0.3, -0.25) is 9.59 Å². The zero-order valence-corrected chi connectivity index (χ0v) is 15.6. The van der Waals surface area contributed by atoms with Gasteiger partial charge in [-0.05, 0) is 43.2 Å². The first-order valence-electron chi connectivity index (χ1n) is 9.23. The normalized spacial score (nSPS) is 16.2. The van der Waals surface area contributed by atoms with Gasteiger partial charge in [-0.25, -0.2) is 0 Å². The zero-order chi connectivity index (χ0) is 19.5. The number of carbonyl (C=O) groups is 1. The van der Waals surface area contributed by atoms with Gasteiger partial charge in [0, 0.05) is 18.5 Å². The van der Waals surface area contributed by atoms with E-state index < -0.39 is 0 Å². The lowest BCUT2D eigenvalue weighted by atomic mass is 10.1. The van der Waals surface area contributed by atoms with Crippen LogP contribution < -0.4 is 15.6 Å². The highest BCUT2D eigenvalue weighted by atomic mass is 16.5. The summed E-state index contributed by atoms with van der Waals surface area (Å²) in [5.74, 6) is 0.348. The summed E-state index contributed by atoms with van der Waals surface area (Å²) in [5.41, 5.74) is 0.491. The molecule has 0 aliphatic carbocycles. The topological polar surface area (TPSA) is 82.5 Å². The van der Waals surface area contributed by atoms with Crippen molar-refractivity contribution in [2.24, 2.45) is 0 Å². The molecular formula is C21H21N3O4. The third-order valence-electron chi connectivity index (χ3n) is 4.85. The van der Waals surface area contributed by atoms with Crippen molar-refractivity contribution in [3.63, 3.8) is 0 Å². The lowest BCUT2D eigenvalue weighted by Gasteiger charge is -2.13. The van der Waals surface area contributed by atoms with Crippen LogP contribution in [0.15, 0.2) is 53.3 Å². The van der Waals surface area contributed by atoms with Crippen molar-refractivity contribution < 1.29 is 14.3 Å². The van der Waals surface area contributed by atoms with E-state index in [1.807, 2.05) is 0 Å². The number of benzene rings is 2. The SMILES string of the molecule is COc1ccc(-n2nc(C(=O)NCC3CCCO3)c3ccccc3c2=O)cc1. The van der Waals surface area contributed by atoms with Gasteiger partial charge in [-0.15, -0.1) is 0 Å². The van der Waals surface area contributed by atoms with Crippen LogP contribution >= 0.6 is 0 Å². The highest BCUT2D eigenvalue weighted by Crippen LogP contribution is 2.18. The van der Waals surface area contributed by atoms with Gasteiger partial charge in [-0.2, -0.15) is 9.78 Å². The molecule has 1 saturated heterocycles. The molecule has 2 heterocycles. The van der Waals surface area contributed by atoms with E-state index in [1.165, 1.54) is 4.68 Å². The Hall–Kier alpha value is -3.19. The van der Waals surface area contributed by atoms with E-state index in [0.29, 0.717) is 28.8 Å². The second kappa shape index (κ2) is 7.82. The Kier molecular flexibility index (Phi) is 5.08. The molecule has 1 aliphatic heterocycles. The first-order valence-corrected chi connectivity index (χ1v) is 9.23. The van der Waals surface area contributed by atoms with E-state index in [1.54, 1.807) is 55.6 Å². The van der Waals surface area contributed by atoms with Crippen molar-refractivity contribution in [1.82, 2.24) is 15.1 Å². The maximum absolute atomic E-state index is 12.9. The van der Waals surface area contributed by atoms with Crippen LogP contribution in [0.3, 0.4) is 0 Å². The van der Waals surface area contributed by atoms with E-state index in [9.17, 15) is 9.59 Å². The lowest BCUT2D eigenvalue weighted by molar-refractivity contribution is 0.0854. The van der Waals surface area contributed by atoms with Crippen molar-refractivity contribution in [3.05, 3.63) is 64.6 Å². The fourth-order valence-corrected chi connectivity index (χ4v) is 3.35. The minimum absolute atomic E-state index is 0.0303. The Morgan fingerprint density at radius 1 is 1.21 bits per heavy atom. The summed E-state index contributed by atoms with van der Waals surface area (Å²) in [6, 6.07) is 14.0. The number of carbonyl (C=O) groups excluding carboxylic acids is 1.